The van der Waals surface area contributed by atoms with Crippen LogP contribution >= 0.6 is 0 Å². The molecule has 3 rings (SSSR count). The molecular weight excluding hydrogens is 234 g/mol. The summed E-state index contributed by atoms with van der Waals surface area (Å²) in [6.07, 6.45) is 5.34. The van der Waals surface area contributed by atoms with Crippen LogP contribution in [0.5, 0.6) is 0 Å². The number of nitrogens with zero attached hydrogens (tertiary/aromatic N) is 2. The van der Waals surface area contributed by atoms with E-state index in [0.29, 0.717) is 0 Å². The summed E-state index contributed by atoms with van der Waals surface area (Å²) < 4.78 is 0. The summed E-state index contributed by atoms with van der Waals surface area (Å²) in [4.78, 5) is 8.52. The Balaban J connectivity index is 2.07. The number of nitrogen functional groups attached to an aromatic ring is 1. The van der Waals surface area contributed by atoms with Crippen LogP contribution in [0.1, 0.15) is 5.56 Å². The van der Waals surface area contributed by atoms with Crippen LogP contribution in [-0.4, -0.2) is 11.2 Å². The molecule has 0 spiro atoms. The van der Waals surface area contributed by atoms with E-state index in [1.807, 2.05) is 54.7 Å². The van der Waals surface area contributed by atoms with Gasteiger partial charge in [-0.2, -0.15) is 0 Å². The number of nitrogens with two attached hydrogens (primary N) is 1. The third-order valence-electron chi connectivity index (χ3n) is 2.99. The van der Waals surface area contributed by atoms with Crippen LogP contribution in [0.2, 0.25) is 0 Å². The molecule has 2 aromatic carbocycles. The van der Waals surface area contributed by atoms with Gasteiger partial charge in [0.05, 0.1) is 5.69 Å². The first-order chi connectivity index (χ1) is 9.34. The molecule has 19 heavy (non-hydrogen) atoms. The van der Waals surface area contributed by atoms with Crippen LogP contribution in [0, 0.1) is 0 Å². The van der Waals surface area contributed by atoms with Crippen LogP contribution < -0.4 is 5.73 Å². The fourth-order valence-corrected chi connectivity index (χ4v) is 2.01. The molecule has 3 aromatic rings. The molecule has 1 heterocycles. The Morgan fingerprint density at radius 3 is 2.42 bits per heavy atom. The molecule has 0 saturated heterocycles. The molecule has 0 radical (unpaired) electrons. The lowest BCUT2D eigenvalue weighted by atomic mass is 10.1. The molecule has 2 N–H and O–H groups in total. The average Bonchev–Trinajstić information content (AvgIpc) is 2.48. The lowest BCUT2D eigenvalue weighted by Gasteiger charge is -2.04. The van der Waals surface area contributed by atoms with E-state index in [-0.39, 0.29) is 0 Å². The molecule has 0 aliphatic rings. The number of aromatic nitrogens is 1. The molecule has 0 saturated carbocycles. The summed E-state index contributed by atoms with van der Waals surface area (Å²) in [5.41, 5.74) is 8.69. The highest BCUT2D eigenvalue weighted by Crippen LogP contribution is 2.29. The van der Waals surface area contributed by atoms with E-state index in [1.165, 1.54) is 0 Å². The molecule has 3 nitrogen and oxygen atoms in total. The average molecular weight is 247 g/mol. The minimum atomic E-state index is 0.776. The molecule has 92 valence electrons. The summed E-state index contributed by atoms with van der Waals surface area (Å²) in [6.45, 7) is 0. The van der Waals surface area contributed by atoms with Crippen molar-refractivity contribution in [2.45, 2.75) is 0 Å². The van der Waals surface area contributed by atoms with Crippen LogP contribution in [0.4, 0.5) is 11.4 Å². The Morgan fingerprint density at radius 1 is 0.895 bits per heavy atom. The largest absolute Gasteiger partial charge is 0.398 e. The van der Waals surface area contributed by atoms with E-state index in [2.05, 4.69) is 9.98 Å². The second-order valence-electron chi connectivity index (χ2n) is 4.26. The Kier molecular flexibility index (Phi) is 2.94. The number of fused-ring (bicyclic) bond motifs is 1. The number of hydrogen-bond donors (Lipinski definition) is 1. The van der Waals surface area contributed by atoms with Gasteiger partial charge in [-0.25, -0.2) is 0 Å². The van der Waals surface area contributed by atoms with Gasteiger partial charge < -0.3 is 5.73 Å². The quantitative estimate of drug-likeness (QED) is 0.556. The van der Waals surface area contributed by atoms with Gasteiger partial charge in [0.15, 0.2) is 0 Å². The van der Waals surface area contributed by atoms with Crippen LogP contribution in [0.25, 0.3) is 10.8 Å². The van der Waals surface area contributed by atoms with Crippen molar-refractivity contribution in [1.82, 2.24) is 4.98 Å². The van der Waals surface area contributed by atoms with E-state index in [4.69, 9.17) is 5.73 Å². The molecule has 0 amide bonds. The van der Waals surface area contributed by atoms with E-state index in [1.54, 1.807) is 12.4 Å². The van der Waals surface area contributed by atoms with E-state index in [0.717, 1.165) is 27.7 Å². The number of benzene rings is 2. The number of anilines is 1. The summed E-state index contributed by atoms with van der Waals surface area (Å²) >= 11 is 0. The number of pyridine rings is 1. The zero-order chi connectivity index (χ0) is 13.1. The second kappa shape index (κ2) is 4.90. The van der Waals surface area contributed by atoms with Crippen molar-refractivity contribution >= 4 is 28.4 Å². The predicted molar refractivity (Wildman–Crippen MR) is 79.9 cm³/mol. The third-order valence-corrected chi connectivity index (χ3v) is 2.99. The molecule has 1 aromatic heterocycles. The number of hydrogen-bond acceptors (Lipinski definition) is 3. The molecule has 0 unspecified atom stereocenters. The zero-order valence-electron chi connectivity index (χ0n) is 10.3. The molecule has 3 heteroatoms. The second-order valence-corrected chi connectivity index (χ2v) is 4.26. The van der Waals surface area contributed by atoms with E-state index < -0.39 is 0 Å². The van der Waals surface area contributed by atoms with Crippen molar-refractivity contribution in [3.8, 4) is 0 Å². The van der Waals surface area contributed by atoms with Crippen molar-refractivity contribution in [3.63, 3.8) is 0 Å². The Labute approximate surface area is 111 Å². The molecule has 0 bridgehead atoms. The van der Waals surface area contributed by atoms with Gasteiger partial charge in [-0.05, 0) is 29.8 Å². The Bertz CT molecular complexity index is 733. The van der Waals surface area contributed by atoms with Crippen LogP contribution in [-0.2, 0) is 0 Å². The maximum atomic E-state index is 5.97. The highest BCUT2D eigenvalue weighted by Gasteiger charge is 2.01. The van der Waals surface area contributed by atoms with Gasteiger partial charge in [-0.3, -0.25) is 9.98 Å². The summed E-state index contributed by atoms with van der Waals surface area (Å²) in [5, 5.41) is 2.10. The van der Waals surface area contributed by atoms with Gasteiger partial charge in [-0.1, -0.05) is 24.3 Å². The van der Waals surface area contributed by atoms with Gasteiger partial charge in [0, 0.05) is 35.1 Å². The monoisotopic (exact) mass is 247 g/mol. The van der Waals surface area contributed by atoms with E-state index >= 15 is 0 Å². The van der Waals surface area contributed by atoms with Crippen molar-refractivity contribution in [2.75, 3.05) is 5.73 Å². The molecule has 0 aliphatic heterocycles. The molecule has 0 atom stereocenters. The zero-order valence-corrected chi connectivity index (χ0v) is 10.3. The van der Waals surface area contributed by atoms with Gasteiger partial charge in [-0.15, -0.1) is 0 Å². The smallest absolute Gasteiger partial charge is 0.0709 e. The highest BCUT2D eigenvalue weighted by molar-refractivity contribution is 6.01. The summed E-state index contributed by atoms with van der Waals surface area (Å²) in [7, 11) is 0. The first-order valence-electron chi connectivity index (χ1n) is 6.06. The van der Waals surface area contributed by atoms with Gasteiger partial charge in [0.1, 0.15) is 0 Å². The lowest BCUT2D eigenvalue weighted by Crippen LogP contribution is -1.87. The first-order valence-corrected chi connectivity index (χ1v) is 6.06. The standard InChI is InChI=1S/C16H13N3/c17-15-5-6-16(14-4-2-1-3-13(14)15)19-11-12-7-9-18-10-8-12/h1-11H,17H2. The molecule has 0 fully saturated rings. The SMILES string of the molecule is Nc1ccc(N=Cc2ccncc2)c2ccccc12. The van der Waals surface area contributed by atoms with Gasteiger partial charge >= 0.3 is 0 Å². The Morgan fingerprint density at radius 2 is 1.63 bits per heavy atom. The fourth-order valence-electron chi connectivity index (χ4n) is 2.01. The summed E-state index contributed by atoms with van der Waals surface area (Å²) in [6, 6.07) is 15.7. The molecular formula is C16H13N3. The van der Waals surface area contributed by atoms with Crippen molar-refractivity contribution in [3.05, 3.63) is 66.5 Å². The minimum Gasteiger partial charge on any atom is -0.398 e. The van der Waals surface area contributed by atoms with Crippen LogP contribution in [0.15, 0.2) is 65.9 Å². The third kappa shape index (κ3) is 2.31. The van der Waals surface area contributed by atoms with Gasteiger partial charge in [0.2, 0.25) is 0 Å². The first kappa shape index (κ1) is 11.4. The number of aliphatic imine (C=N–C) groups is 1. The predicted octanol–water partition coefficient (Wildman–Crippen LogP) is 3.57. The Hall–Kier alpha value is -2.68. The van der Waals surface area contributed by atoms with Crippen LogP contribution in [0.3, 0.4) is 0 Å². The maximum Gasteiger partial charge on any atom is 0.0709 e. The van der Waals surface area contributed by atoms with Gasteiger partial charge in [0.25, 0.3) is 0 Å². The van der Waals surface area contributed by atoms with Crippen molar-refractivity contribution < 1.29 is 0 Å². The minimum absolute atomic E-state index is 0.776. The summed E-state index contributed by atoms with van der Waals surface area (Å²) in [5.74, 6) is 0. The number of rotatable bonds is 2. The topological polar surface area (TPSA) is 51.3 Å². The van der Waals surface area contributed by atoms with E-state index in [9.17, 15) is 0 Å². The maximum absolute atomic E-state index is 5.97. The van der Waals surface area contributed by atoms with Crippen molar-refractivity contribution in [2.24, 2.45) is 4.99 Å². The highest BCUT2D eigenvalue weighted by atomic mass is 14.7. The fraction of sp³-hybridized carbons (Fsp3) is 0. The normalized spacial score (nSPS) is 11.2. The van der Waals surface area contributed by atoms with Crippen molar-refractivity contribution in [1.29, 1.82) is 0 Å². The molecule has 0 aliphatic carbocycles. The lowest BCUT2D eigenvalue weighted by molar-refractivity contribution is 1.32.